The number of aliphatic imine (C=N–C) groups is 3. The first-order valence-electron chi connectivity index (χ1n) is 28.0. The fourth-order valence-electron chi connectivity index (χ4n) is 11.1. The van der Waals surface area contributed by atoms with Crippen LogP contribution in [-0.2, 0) is 76.6 Å². The summed E-state index contributed by atoms with van der Waals surface area (Å²) in [6, 6.07) is -4.92. The Bertz CT molecular complexity index is 3510. The number of amides is 4. The molecule has 6 atom stereocenters. The Morgan fingerprint density at radius 1 is 0.828 bits per heavy atom. The molecule has 28 heteroatoms. The summed E-state index contributed by atoms with van der Waals surface area (Å²) in [5, 5.41) is 30.1. The zero-order valence-corrected chi connectivity index (χ0v) is 49.7. The molecule has 5 heterocycles. The molecule has 466 valence electrons. The van der Waals surface area contributed by atoms with Crippen molar-refractivity contribution in [2.75, 3.05) is 41.0 Å². The van der Waals surface area contributed by atoms with Crippen molar-refractivity contribution in [2.45, 2.75) is 116 Å². The third-order valence-electron chi connectivity index (χ3n) is 15.8. The number of methoxy groups -OCH3 is 3. The van der Waals surface area contributed by atoms with E-state index in [0.717, 1.165) is 39.1 Å². The van der Waals surface area contributed by atoms with Crippen LogP contribution in [0.2, 0.25) is 0 Å². The summed E-state index contributed by atoms with van der Waals surface area (Å²) < 4.78 is 15.6. The smallest absolute Gasteiger partial charge is 0.338 e. The summed E-state index contributed by atoms with van der Waals surface area (Å²) in [7, 11) is 3.78. The van der Waals surface area contributed by atoms with Crippen molar-refractivity contribution in [2.24, 2.45) is 49.2 Å². The van der Waals surface area contributed by atoms with Crippen LogP contribution in [0.3, 0.4) is 0 Å². The molecule has 8 bridgehead atoms. The highest BCUT2D eigenvalue weighted by atomic mass is 16.5. The number of aliphatic carboxylic acids is 2. The Kier molecular flexibility index (Phi) is 22.3. The number of aromatic nitrogens is 2. The van der Waals surface area contributed by atoms with Crippen LogP contribution in [0.1, 0.15) is 92.4 Å². The van der Waals surface area contributed by atoms with Crippen LogP contribution in [0.4, 0.5) is 0 Å². The number of esters is 3. The van der Waals surface area contributed by atoms with Crippen LogP contribution in [-0.4, -0.2) is 162 Å². The lowest BCUT2D eigenvalue weighted by atomic mass is 9.63. The lowest BCUT2D eigenvalue weighted by Crippen LogP contribution is -2.78. The molecule has 0 saturated carbocycles. The largest absolute Gasteiger partial charge is 0.481 e. The third kappa shape index (κ3) is 15.9. The van der Waals surface area contributed by atoms with Crippen molar-refractivity contribution in [1.82, 2.24) is 31.2 Å². The molecule has 3 aliphatic heterocycles. The molecule has 0 fully saturated rings. The minimum Gasteiger partial charge on any atom is -0.481 e. The molecule has 4 aliphatic rings. The summed E-state index contributed by atoms with van der Waals surface area (Å²) in [5.74, 6) is -9.74. The van der Waals surface area contributed by atoms with E-state index in [-0.39, 0.29) is 81.9 Å². The Morgan fingerprint density at radius 2 is 1.53 bits per heavy atom. The van der Waals surface area contributed by atoms with Crippen LogP contribution in [0.5, 0.6) is 0 Å². The van der Waals surface area contributed by atoms with Gasteiger partial charge in [0.2, 0.25) is 23.6 Å². The predicted octanol–water partition coefficient (Wildman–Crippen LogP) is -3.02. The second-order valence-electron chi connectivity index (χ2n) is 21.4. The maximum atomic E-state index is 14.2. The lowest BCUT2D eigenvalue weighted by molar-refractivity contribution is -0.459. The van der Waals surface area contributed by atoms with E-state index in [1.54, 1.807) is 18.2 Å². The predicted molar refractivity (Wildman–Crippen MR) is 319 cm³/mol. The number of nitrogens with zero attached hydrogens (tertiary/aromatic N) is 3. The normalized spacial score (nSPS) is 18.3. The number of carboxylic acid groups (broad SMARTS) is 2. The van der Waals surface area contributed by atoms with Crippen molar-refractivity contribution >= 4 is 89.0 Å². The highest BCUT2D eigenvalue weighted by molar-refractivity contribution is 6.22. The van der Waals surface area contributed by atoms with Gasteiger partial charge in [0.25, 0.3) is 0 Å². The molecule has 17 N–H and O–H groups in total. The number of carboxylic acids is 2. The average Bonchev–Trinajstić information content (AvgIpc) is 1.65. The number of H-pyrrole nitrogens is 2. The van der Waals surface area contributed by atoms with Gasteiger partial charge in [0, 0.05) is 47.9 Å². The monoisotopic (exact) mass is 1210 g/mol. The van der Waals surface area contributed by atoms with E-state index < -0.39 is 102 Å². The summed E-state index contributed by atoms with van der Waals surface area (Å²) in [4.78, 5) is 142. The van der Waals surface area contributed by atoms with Crippen molar-refractivity contribution in [3.05, 3.63) is 103 Å². The molecule has 0 radical (unpaired) electrons. The fourth-order valence-corrected chi connectivity index (χ4v) is 11.1. The summed E-state index contributed by atoms with van der Waals surface area (Å²) in [5.41, 5.74) is 28.9. The van der Waals surface area contributed by atoms with Crippen molar-refractivity contribution in [1.29, 1.82) is 0 Å². The summed E-state index contributed by atoms with van der Waals surface area (Å²) >= 11 is 0. The molecule has 0 aromatic carbocycles. The van der Waals surface area contributed by atoms with Crippen LogP contribution in [0.15, 0.2) is 73.8 Å². The number of aromatic amines is 2. The first-order chi connectivity index (χ1) is 41.3. The number of carbonyl (C=O) groups excluding carboxylic acids is 7. The van der Waals surface area contributed by atoms with Crippen LogP contribution in [0, 0.1) is 25.2 Å². The molecule has 0 saturated heterocycles. The average molecular weight is 1210 g/mol. The first kappa shape index (κ1) is 66.3. The van der Waals surface area contributed by atoms with Crippen LogP contribution < -0.4 is 59.9 Å². The number of nitrogens with two attached hydrogens (primary N) is 4. The number of allylic oxidation sites excluding steroid dienone is 5. The van der Waals surface area contributed by atoms with Gasteiger partial charge in [0.05, 0.1) is 75.0 Å². The van der Waals surface area contributed by atoms with Crippen LogP contribution in [0.25, 0.3) is 12.2 Å². The number of fused-ring (bicyclic) bond motifs is 9. The minimum atomic E-state index is -1.75. The standard InChI is InChI=1S/C59H76N14O14/c1-9-31-28(2)39-23-44-35-17-14-34(55(83)86-7)51(56(84)87-8)59(35,5)46(70-44)25-40-30(4)33(16-19-50(78)85-6)43(69-40)24-42-32(29(3)38(68-42)22-41(31)67-39)15-18-47(74)71-36(12-10-20-64-57(60)61)52(79)66-27-48(75)72-45(26-49(76)77)53(80)73-37(54(81)82)13-11-21-65-58(62)63/h9,14,17,23-25,36-37,41,45,51,68-69H,1,10-13,15-16,18-22,26-27H2,2-8H3,(H,66,79)(H,71,74)(H,72,75)(H,73,80)(H,76,77)(H,81,82)(H4,60,61,64)(H4,62,63,65)/p+1. The summed E-state index contributed by atoms with van der Waals surface area (Å²) in [6.07, 6.45) is 10.5. The lowest BCUT2D eigenvalue weighted by Gasteiger charge is -2.37. The Hall–Kier alpha value is -9.89. The highest BCUT2D eigenvalue weighted by Crippen LogP contribution is 2.52. The number of hydrogen-bond acceptors (Lipinski definition) is 15. The van der Waals surface area contributed by atoms with E-state index in [1.165, 1.54) is 21.3 Å². The molecule has 4 amide bonds. The first-order valence-corrected chi connectivity index (χ1v) is 28.0. The van der Waals surface area contributed by atoms with Crippen molar-refractivity contribution in [3.63, 3.8) is 0 Å². The number of hydrogen-bond donors (Lipinski definition) is 13. The van der Waals surface area contributed by atoms with Gasteiger partial charge in [-0.15, -0.1) is 0 Å². The molecular weight excluding hydrogens is 1130 g/mol. The Labute approximate surface area is 500 Å². The van der Waals surface area contributed by atoms with Crippen molar-refractivity contribution in [3.8, 4) is 0 Å². The molecule has 2 aromatic heterocycles. The van der Waals surface area contributed by atoms with Gasteiger partial charge in [-0.2, -0.15) is 0 Å². The molecule has 28 nitrogen and oxygen atoms in total. The van der Waals surface area contributed by atoms with Gasteiger partial charge >= 0.3 is 35.8 Å². The number of nitrogens with one attached hydrogen (secondary N) is 7. The zero-order valence-electron chi connectivity index (χ0n) is 49.7. The second kappa shape index (κ2) is 29.3. The molecule has 87 heavy (non-hydrogen) atoms. The minimum absolute atomic E-state index is 0.0108. The molecule has 0 spiro atoms. The highest BCUT2D eigenvalue weighted by Gasteiger charge is 2.55. The molecule has 6 rings (SSSR count). The van der Waals surface area contributed by atoms with Crippen LogP contribution >= 0.6 is 0 Å². The SMILES string of the molecule is C=CC1=C(C)C2=NC1Cc1[nH]c(c(CCC(=O)NC(CCCN=C(N)N)C(=O)NCC(=O)NC(CC(=O)O)C(=O)NC(CCC[NH+]=C(N)N)C(=O)O)c1C)C=c1[nH]c(c(C)c1CCC(=O)OC)=CC1=NC(=C2)C2=CC=C(C(=O)OC)C(C(=O)OC)C21C. The van der Waals surface area contributed by atoms with Crippen molar-refractivity contribution < 1.29 is 72.6 Å². The van der Waals surface area contributed by atoms with E-state index in [0.29, 0.717) is 45.5 Å². The zero-order chi connectivity index (χ0) is 64.0. The maximum Gasteiger partial charge on any atom is 0.338 e. The van der Waals surface area contributed by atoms with Gasteiger partial charge < -0.3 is 67.1 Å². The van der Waals surface area contributed by atoms with Gasteiger partial charge in [-0.05, 0) is 123 Å². The Balaban J connectivity index is 1.34. The topological polar surface area (TPSA) is 457 Å². The van der Waals surface area contributed by atoms with Gasteiger partial charge in [-0.1, -0.05) is 24.8 Å². The van der Waals surface area contributed by atoms with Gasteiger partial charge in [0.1, 0.15) is 24.0 Å². The fraction of sp³-hybridized carbons (Fsp3) is 0.441. The number of carbonyl (C=O) groups is 9. The van der Waals surface area contributed by atoms with E-state index in [4.69, 9.17) is 47.1 Å². The Morgan fingerprint density at radius 3 is 2.17 bits per heavy atom. The van der Waals surface area contributed by atoms with E-state index in [2.05, 4.69) is 47.8 Å². The molecule has 2 aromatic rings. The van der Waals surface area contributed by atoms with Gasteiger partial charge in [0.15, 0.2) is 5.96 Å². The number of guanidine groups is 2. The summed E-state index contributed by atoms with van der Waals surface area (Å²) in [6.45, 7) is 11.2. The maximum absolute atomic E-state index is 14.2. The van der Waals surface area contributed by atoms with Gasteiger partial charge in [-0.25, -0.2) is 9.59 Å². The molecular formula is C59H77N14O14+. The number of ether oxygens (including phenoxy) is 3. The van der Waals surface area contributed by atoms with E-state index >= 15 is 0 Å². The van der Waals surface area contributed by atoms with E-state index in [9.17, 15) is 53.4 Å². The van der Waals surface area contributed by atoms with Gasteiger partial charge in [-0.3, -0.25) is 65.0 Å². The number of rotatable bonds is 27. The second-order valence-corrected chi connectivity index (χ2v) is 21.4. The quantitative estimate of drug-likeness (QED) is 0.0139. The van der Waals surface area contributed by atoms with E-state index in [1.807, 2.05) is 45.9 Å². The third-order valence-corrected chi connectivity index (χ3v) is 15.8. The molecule has 1 aliphatic carbocycles. The molecule has 6 unspecified atom stereocenters.